The van der Waals surface area contributed by atoms with Gasteiger partial charge in [0.2, 0.25) is 0 Å². The third-order valence-corrected chi connectivity index (χ3v) is 4.87. The summed E-state index contributed by atoms with van der Waals surface area (Å²) in [5.74, 6) is 0.479. The van der Waals surface area contributed by atoms with Gasteiger partial charge in [0.15, 0.2) is 0 Å². The first-order valence-electron chi connectivity index (χ1n) is 9.58. The second-order valence-electron chi connectivity index (χ2n) is 8.55. The maximum atomic E-state index is 9.47. The van der Waals surface area contributed by atoms with Crippen LogP contribution in [0.3, 0.4) is 0 Å². The molecule has 0 aromatic heterocycles. The average Bonchev–Trinajstić information content (AvgIpc) is 2.44. The van der Waals surface area contributed by atoms with E-state index in [1.807, 2.05) is 0 Å². The first kappa shape index (κ1) is 22.9. The quantitative estimate of drug-likeness (QED) is 0.470. The highest BCUT2D eigenvalue weighted by atomic mass is 16.5. The predicted molar refractivity (Wildman–Crippen MR) is 98.7 cm³/mol. The Balaban J connectivity index is 4.39. The Labute approximate surface area is 144 Å². The lowest BCUT2D eigenvalue weighted by molar-refractivity contribution is -0.103. The van der Waals surface area contributed by atoms with Crippen molar-refractivity contribution in [2.24, 2.45) is 11.3 Å². The molecule has 0 bridgehead atoms. The van der Waals surface area contributed by atoms with Crippen LogP contribution in [0.25, 0.3) is 0 Å². The average molecular weight is 331 g/mol. The Morgan fingerprint density at radius 3 is 1.96 bits per heavy atom. The van der Waals surface area contributed by atoms with Crippen LogP contribution in [0.2, 0.25) is 0 Å². The molecule has 3 nitrogen and oxygen atoms in total. The summed E-state index contributed by atoms with van der Waals surface area (Å²) in [6.45, 7) is 13.8. The molecule has 0 saturated heterocycles. The van der Waals surface area contributed by atoms with Crippen LogP contribution in [0, 0.1) is 11.3 Å². The van der Waals surface area contributed by atoms with Crippen molar-refractivity contribution in [3.05, 3.63) is 0 Å². The highest BCUT2D eigenvalue weighted by Gasteiger charge is 2.38. The Bertz CT molecular complexity index is 281. The monoisotopic (exact) mass is 330 g/mol. The Hall–Kier alpha value is -0.120. The minimum atomic E-state index is -0.669. The minimum Gasteiger partial charge on any atom is -0.394 e. The van der Waals surface area contributed by atoms with Crippen LogP contribution in [-0.4, -0.2) is 35.1 Å². The van der Waals surface area contributed by atoms with Gasteiger partial charge in [-0.3, -0.25) is 0 Å². The SMILES string of the molecule is CCCCCCCCC(C(C)(C)C)C(C)(C)OCC[C@H](O)CO. The van der Waals surface area contributed by atoms with Gasteiger partial charge in [-0.15, -0.1) is 0 Å². The maximum absolute atomic E-state index is 9.47. The summed E-state index contributed by atoms with van der Waals surface area (Å²) >= 11 is 0. The van der Waals surface area contributed by atoms with Crippen LogP contribution in [0.15, 0.2) is 0 Å². The molecule has 0 aliphatic rings. The second kappa shape index (κ2) is 11.4. The van der Waals surface area contributed by atoms with Crippen LogP contribution in [-0.2, 0) is 4.74 Å². The molecule has 0 aliphatic carbocycles. The summed E-state index contributed by atoms with van der Waals surface area (Å²) < 4.78 is 6.12. The molecule has 23 heavy (non-hydrogen) atoms. The normalized spacial score (nSPS) is 15.7. The Kier molecular flexibility index (Phi) is 11.4. The summed E-state index contributed by atoms with van der Waals surface area (Å²) in [7, 11) is 0. The standard InChI is InChI=1S/C20H42O3/c1-7-8-9-10-11-12-13-18(19(2,3)4)20(5,6)23-15-14-17(22)16-21/h17-18,21-22H,7-16H2,1-6H3/t17-,18?/m0/s1. The molecule has 0 radical (unpaired) electrons. The molecule has 0 aromatic rings. The number of unbranched alkanes of at least 4 members (excludes halogenated alkanes) is 5. The topological polar surface area (TPSA) is 49.7 Å². The van der Waals surface area contributed by atoms with Crippen LogP contribution in [0.1, 0.15) is 92.9 Å². The van der Waals surface area contributed by atoms with Crippen LogP contribution >= 0.6 is 0 Å². The van der Waals surface area contributed by atoms with Gasteiger partial charge in [0.1, 0.15) is 0 Å². The summed E-state index contributed by atoms with van der Waals surface area (Å²) in [4.78, 5) is 0. The van der Waals surface area contributed by atoms with E-state index in [0.29, 0.717) is 18.9 Å². The molecule has 3 heteroatoms. The highest BCUT2D eigenvalue weighted by Crippen LogP contribution is 2.40. The van der Waals surface area contributed by atoms with E-state index in [9.17, 15) is 5.11 Å². The van der Waals surface area contributed by atoms with Crippen molar-refractivity contribution in [3.8, 4) is 0 Å². The van der Waals surface area contributed by atoms with Gasteiger partial charge in [0.05, 0.1) is 18.3 Å². The molecule has 0 fully saturated rings. The number of aliphatic hydroxyl groups is 2. The van der Waals surface area contributed by atoms with Gasteiger partial charge in [-0.25, -0.2) is 0 Å². The molecule has 2 N–H and O–H groups in total. The van der Waals surface area contributed by atoms with E-state index in [4.69, 9.17) is 9.84 Å². The zero-order valence-electron chi connectivity index (χ0n) is 16.5. The fraction of sp³-hybridized carbons (Fsp3) is 1.00. The number of ether oxygens (including phenoxy) is 1. The van der Waals surface area contributed by atoms with Crippen molar-refractivity contribution < 1.29 is 14.9 Å². The smallest absolute Gasteiger partial charge is 0.0792 e. The van der Waals surface area contributed by atoms with Crippen molar-refractivity contribution >= 4 is 0 Å². The first-order chi connectivity index (χ1) is 10.6. The zero-order chi connectivity index (χ0) is 17.9. The molecule has 0 amide bonds. The molecule has 0 aromatic carbocycles. The summed E-state index contributed by atoms with van der Waals surface area (Å²) in [5.41, 5.74) is -0.0145. The highest BCUT2D eigenvalue weighted by molar-refractivity contribution is 4.88. The van der Waals surface area contributed by atoms with Crippen LogP contribution in [0.4, 0.5) is 0 Å². The summed E-state index contributed by atoms with van der Waals surface area (Å²) in [5, 5.41) is 18.4. The second-order valence-corrected chi connectivity index (χ2v) is 8.55. The molecule has 140 valence electrons. The largest absolute Gasteiger partial charge is 0.394 e. The lowest BCUT2D eigenvalue weighted by Crippen LogP contribution is -2.42. The van der Waals surface area contributed by atoms with Gasteiger partial charge >= 0.3 is 0 Å². The zero-order valence-corrected chi connectivity index (χ0v) is 16.5. The maximum Gasteiger partial charge on any atom is 0.0792 e. The fourth-order valence-electron chi connectivity index (χ4n) is 3.60. The molecule has 0 saturated carbocycles. The van der Waals surface area contributed by atoms with E-state index in [0.717, 1.165) is 0 Å². The van der Waals surface area contributed by atoms with Crippen LogP contribution < -0.4 is 0 Å². The van der Waals surface area contributed by atoms with Crippen molar-refractivity contribution in [3.63, 3.8) is 0 Å². The van der Waals surface area contributed by atoms with Gasteiger partial charge in [-0.2, -0.15) is 0 Å². The number of hydrogen-bond donors (Lipinski definition) is 2. The van der Waals surface area contributed by atoms with E-state index in [2.05, 4.69) is 41.5 Å². The van der Waals surface area contributed by atoms with Crippen molar-refractivity contribution in [1.29, 1.82) is 0 Å². The molecule has 0 aliphatic heterocycles. The summed E-state index contributed by atoms with van der Waals surface area (Å²) in [6, 6.07) is 0. The molecule has 0 spiro atoms. The molecular formula is C20H42O3. The van der Waals surface area contributed by atoms with Gasteiger partial charge < -0.3 is 14.9 Å². The van der Waals surface area contributed by atoms with Gasteiger partial charge in [0, 0.05) is 6.61 Å². The fourth-order valence-corrected chi connectivity index (χ4v) is 3.60. The van der Waals surface area contributed by atoms with Gasteiger partial charge in [0.25, 0.3) is 0 Å². The van der Waals surface area contributed by atoms with Crippen molar-refractivity contribution in [2.45, 2.75) is 105 Å². The Morgan fingerprint density at radius 2 is 1.43 bits per heavy atom. The van der Waals surface area contributed by atoms with E-state index in [1.54, 1.807) is 0 Å². The van der Waals surface area contributed by atoms with E-state index in [-0.39, 0.29) is 17.6 Å². The van der Waals surface area contributed by atoms with E-state index in [1.165, 1.54) is 44.9 Å². The van der Waals surface area contributed by atoms with Crippen molar-refractivity contribution in [2.75, 3.05) is 13.2 Å². The molecule has 0 rings (SSSR count). The summed E-state index contributed by atoms with van der Waals surface area (Å²) in [6.07, 6.45) is 8.93. The van der Waals surface area contributed by atoms with E-state index >= 15 is 0 Å². The minimum absolute atomic E-state index is 0.190. The van der Waals surface area contributed by atoms with Gasteiger partial charge in [-0.05, 0) is 38.0 Å². The first-order valence-corrected chi connectivity index (χ1v) is 9.58. The third-order valence-electron chi connectivity index (χ3n) is 4.87. The lowest BCUT2D eigenvalue weighted by atomic mass is 9.69. The molecular weight excluding hydrogens is 288 g/mol. The van der Waals surface area contributed by atoms with E-state index < -0.39 is 6.10 Å². The van der Waals surface area contributed by atoms with Crippen molar-refractivity contribution in [1.82, 2.24) is 0 Å². The number of hydrogen-bond acceptors (Lipinski definition) is 3. The van der Waals surface area contributed by atoms with Crippen LogP contribution in [0.5, 0.6) is 0 Å². The third kappa shape index (κ3) is 10.4. The molecule has 1 unspecified atom stereocenters. The van der Waals surface area contributed by atoms with Gasteiger partial charge in [-0.1, -0.05) is 66.2 Å². The lowest BCUT2D eigenvalue weighted by Gasteiger charge is -2.43. The molecule has 2 atom stereocenters. The Morgan fingerprint density at radius 1 is 0.870 bits per heavy atom. The number of aliphatic hydroxyl groups excluding tert-OH is 2. The number of rotatable bonds is 13. The molecule has 0 heterocycles. The predicted octanol–water partition coefficient (Wildman–Crippen LogP) is 4.94.